The molecule has 0 saturated carbocycles. The van der Waals surface area contributed by atoms with Crippen LogP contribution in [0.25, 0.3) is 0 Å². The summed E-state index contributed by atoms with van der Waals surface area (Å²) in [5.74, 6) is -2.62. The number of benzene rings is 1. The summed E-state index contributed by atoms with van der Waals surface area (Å²) in [6.07, 6.45) is -1.53. The van der Waals surface area contributed by atoms with Crippen LogP contribution in [-0.2, 0) is 4.79 Å². The second kappa shape index (κ2) is 5.41. The van der Waals surface area contributed by atoms with Crippen molar-refractivity contribution in [1.82, 2.24) is 0 Å². The molecule has 4 nitrogen and oxygen atoms in total. The third-order valence-electron chi connectivity index (χ3n) is 1.81. The normalized spacial score (nSPS) is 12.2. The first-order chi connectivity index (χ1) is 7.47. The molecule has 3 N–H and O–H groups in total. The van der Waals surface area contributed by atoms with Crippen LogP contribution in [0.15, 0.2) is 18.2 Å². The van der Waals surface area contributed by atoms with Crippen molar-refractivity contribution >= 4 is 11.7 Å². The lowest BCUT2D eigenvalue weighted by molar-refractivity contribution is -0.138. The maximum absolute atomic E-state index is 12.7. The first-order valence-corrected chi connectivity index (χ1v) is 4.57. The van der Waals surface area contributed by atoms with Gasteiger partial charge in [-0.25, -0.2) is 8.78 Å². The van der Waals surface area contributed by atoms with Gasteiger partial charge in [-0.15, -0.1) is 0 Å². The Bertz CT molecular complexity index is 364. The fourth-order valence-corrected chi connectivity index (χ4v) is 1.17. The number of hydrogen-bond donors (Lipinski definition) is 3. The molecule has 1 aromatic rings. The largest absolute Gasteiger partial charge is 0.481 e. The van der Waals surface area contributed by atoms with Gasteiger partial charge in [0, 0.05) is 18.3 Å². The van der Waals surface area contributed by atoms with Crippen LogP contribution in [-0.4, -0.2) is 28.8 Å². The third kappa shape index (κ3) is 4.22. The second-order valence-corrected chi connectivity index (χ2v) is 3.29. The smallest absolute Gasteiger partial charge is 0.306 e. The standard InChI is InChI=1S/C10H11F2NO3/c11-6-1-7(12)3-8(2-6)13-5-9(14)4-10(15)16/h1-3,9,13-14H,4-5H2,(H,15,16). The Balaban J connectivity index is 2.51. The summed E-state index contributed by atoms with van der Waals surface area (Å²) in [5.41, 5.74) is 0.155. The van der Waals surface area contributed by atoms with Crippen LogP contribution >= 0.6 is 0 Å². The van der Waals surface area contributed by atoms with Crippen molar-refractivity contribution in [2.75, 3.05) is 11.9 Å². The number of rotatable bonds is 5. The van der Waals surface area contributed by atoms with E-state index in [0.29, 0.717) is 0 Å². The van der Waals surface area contributed by atoms with Crippen LogP contribution in [0.1, 0.15) is 6.42 Å². The summed E-state index contributed by atoms with van der Waals surface area (Å²) in [6, 6.07) is 2.83. The molecular formula is C10H11F2NO3. The van der Waals surface area contributed by atoms with Crippen molar-refractivity contribution in [2.45, 2.75) is 12.5 Å². The van der Waals surface area contributed by atoms with Crippen LogP contribution in [0.4, 0.5) is 14.5 Å². The highest BCUT2D eigenvalue weighted by Gasteiger charge is 2.09. The molecule has 0 bridgehead atoms. The van der Waals surface area contributed by atoms with Crippen molar-refractivity contribution in [3.63, 3.8) is 0 Å². The number of anilines is 1. The molecule has 0 radical (unpaired) electrons. The zero-order chi connectivity index (χ0) is 12.1. The summed E-state index contributed by atoms with van der Waals surface area (Å²) in [6.45, 7) is -0.0881. The molecule has 0 saturated heterocycles. The third-order valence-corrected chi connectivity index (χ3v) is 1.81. The van der Waals surface area contributed by atoms with E-state index in [-0.39, 0.29) is 12.2 Å². The second-order valence-electron chi connectivity index (χ2n) is 3.29. The van der Waals surface area contributed by atoms with E-state index in [0.717, 1.165) is 18.2 Å². The highest BCUT2D eigenvalue weighted by Crippen LogP contribution is 2.12. The number of hydrogen-bond acceptors (Lipinski definition) is 3. The Kier molecular flexibility index (Phi) is 4.19. The number of aliphatic hydroxyl groups excluding tert-OH is 1. The molecule has 1 aromatic carbocycles. The summed E-state index contributed by atoms with van der Waals surface area (Å²) in [4.78, 5) is 10.2. The van der Waals surface area contributed by atoms with E-state index in [9.17, 15) is 18.7 Å². The molecule has 6 heteroatoms. The van der Waals surface area contributed by atoms with Gasteiger partial charge in [-0.1, -0.05) is 0 Å². The molecular weight excluding hydrogens is 220 g/mol. The Morgan fingerprint density at radius 2 is 1.88 bits per heavy atom. The van der Waals surface area contributed by atoms with Gasteiger partial charge in [0.25, 0.3) is 0 Å². The van der Waals surface area contributed by atoms with Gasteiger partial charge in [0.1, 0.15) is 11.6 Å². The van der Waals surface area contributed by atoms with Gasteiger partial charge in [-0.05, 0) is 12.1 Å². The molecule has 0 heterocycles. The minimum absolute atomic E-state index is 0.0881. The zero-order valence-electron chi connectivity index (χ0n) is 8.28. The predicted octanol–water partition coefficient (Wildman–Crippen LogP) is 1.21. The molecule has 88 valence electrons. The minimum atomic E-state index is -1.14. The average Bonchev–Trinajstić information content (AvgIpc) is 2.12. The van der Waals surface area contributed by atoms with Crippen LogP contribution < -0.4 is 5.32 Å². The quantitative estimate of drug-likeness (QED) is 0.712. The summed E-state index contributed by atoms with van der Waals surface area (Å²) < 4.78 is 25.5. The number of nitrogens with one attached hydrogen (secondary N) is 1. The van der Waals surface area contributed by atoms with E-state index in [2.05, 4.69) is 5.32 Å². The lowest BCUT2D eigenvalue weighted by Gasteiger charge is -2.10. The number of halogens is 2. The van der Waals surface area contributed by atoms with Crippen LogP contribution in [0.5, 0.6) is 0 Å². The summed E-state index contributed by atoms with van der Waals surface area (Å²) >= 11 is 0. The maximum Gasteiger partial charge on any atom is 0.306 e. The number of carboxylic acids is 1. The fraction of sp³-hybridized carbons (Fsp3) is 0.300. The molecule has 0 spiro atoms. The van der Waals surface area contributed by atoms with E-state index in [1.807, 2.05) is 0 Å². The van der Waals surface area contributed by atoms with E-state index < -0.39 is 30.1 Å². The molecule has 0 amide bonds. The molecule has 16 heavy (non-hydrogen) atoms. The van der Waals surface area contributed by atoms with Gasteiger partial charge in [0.05, 0.1) is 12.5 Å². The predicted molar refractivity (Wildman–Crippen MR) is 53.1 cm³/mol. The SMILES string of the molecule is O=C(O)CC(O)CNc1cc(F)cc(F)c1. The van der Waals surface area contributed by atoms with E-state index in [1.54, 1.807) is 0 Å². The number of carbonyl (C=O) groups is 1. The number of aliphatic hydroxyl groups is 1. The highest BCUT2D eigenvalue weighted by atomic mass is 19.1. The van der Waals surface area contributed by atoms with Crippen LogP contribution in [0.3, 0.4) is 0 Å². The maximum atomic E-state index is 12.7. The number of aliphatic carboxylic acids is 1. The van der Waals surface area contributed by atoms with Gasteiger partial charge in [-0.3, -0.25) is 4.79 Å². The van der Waals surface area contributed by atoms with Gasteiger partial charge in [-0.2, -0.15) is 0 Å². The first kappa shape index (κ1) is 12.4. The van der Waals surface area contributed by atoms with E-state index in [4.69, 9.17) is 5.11 Å². The van der Waals surface area contributed by atoms with Crippen LogP contribution in [0, 0.1) is 11.6 Å². The van der Waals surface area contributed by atoms with E-state index in [1.165, 1.54) is 0 Å². The lowest BCUT2D eigenvalue weighted by atomic mass is 10.2. The molecule has 0 aliphatic carbocycles. The minimum Gasteiger partial charge on any atom is -0.481 e. The summed E-state index contributed by atoms with van der Waals surface area (Å²) in [7, 11) is 0. The average molecular weight is 231 g/mol. The van der Waals surface area contributed by atoms with Gasteiger partial charge >= 0.3 is 5.97 Å². The molecule has 0 aromatic heterocycles. The molecule has 1 rings (SSSR count). The van der Waals surface area contributed by atoms with Crippen molar-refractivity contribution < 1.29 is 23.8 Å². The van der Waals surface area contributed by atoms with Crippen molar-refractivity contribution in [2.24, 2.45) is 0 Å². The monoisotopic (exact) mass is 231 g/mol. The molecule has 1 unspecified atom stereocenters. The van der Waals surface area contributed by atoms with E-state index >= 15 is 0 Å². The Hall–Kier alpha value is -1.69. The zero-order valence-corrected chi connectivity index (χ0v) is 8.28. The topological polar surface area (TPSA) is 69.6 Å². The Labute approximate surface area is 90.5 Å². The fourth-order valence-electron chi connectivity index (χ4n) is 1.17. The van der Waals surface area contributed by atoms with Gasteiger partial charge in [0.15, 0.2) is 0 Å². The van der Waals surface area contributed by atoms with Crippen molar-refractivity contribution in [3.8, 4) is 0 Å². The molecule has 1 atom stereocenters. The molecule has 0 aliphatic rings. The van der Waals surface area contributed by atoms with Gasteiger partial charge < -0.3 is 15.5 Å². The van der Waals surface area contributed by atoms with Crippen molar-refractivity contribution in [1.29, 1.82) is 0 Å². The van der Waals surface area contributed by atoms with Crippen LogP contribution in [0.2, 0.25) is 0 Å². The van der Waals surface area contributed by atoms with Gasteiger partial charge in [0.2, 0.25) is 0 Å². The Morgan fingerprint density at radius 1 is 1.31 bits per heavy atom. The molecule has 0 fully saturated rings. The number of carboxylic acid groups (broad SMARTS) is 1. The molecule has 0 aliphatic heterocycles. The lowest BCUT2D eigenvalue weighted by Crippen LogP contribution is -2.22. The van der Waals surface area contributed by atoms with Crippen molar-refractivity contribution in [3.05, 3.63) is 29.8 Å². The highest BCUT2D eigenvalue weighted by molar-refractivity contribution is 5.67. The first-order valence-electron chi connectivity index (χ1n) is 4.57. The summed E-state index contributed by atoms with van der Waals surface area (Å²) in [5, 5.41) is 20.1. The Morgan fingerprint density at radius 3 is 2.38 bits per heavy atom.